The van der Waals surface area contributed by atoms with Gasteiger partial charge in [0.15, 0.2) is 5.54 Å². The van der Waals surface area contributed by atoms with E-state index < -0.39 is 53.5 Å². The van der Waals surface area contributed by atoms with Crippen molar-refractivity contribution in [1.29, 1.82) is 5.26 Å². The topological polar surface area (TPSA) is 135 Å². The number of rotatable bonds is 7. The monoisotopic (exact) mass is 534 g/mol. The van der Waals surface area contributed by atoms with E-state index in [0.29, 0.717) is 11.4 Å². The summed E-state index contributed by atoms with van der Waals surface area (Å²) in [7, 11) is 1.25. The second-order valence-corrected chi connectivity index (χ2v) is 9.91. The third kappa shape index (κ3) is 5.79. The summed E-state index contributed by atoms with van der Waals surface area (Å²) in [6, 6.07) is 7.18. The summed E-state index contributed by atoms with van der Waals surface area (Å²) < 4.78 is 38.0. The lowest BCUT2D eigenvalue weighted by Gasteiger charge is -2.34. The first kappa shape index (κ1) is 28.6. The maximum Gasteiger partial charge on any atom is 0.471 e. The zero-order valence-electron chi connectivity index (χ0n) is 21.4. The highest BCUT2D eigenvalue weighted by atomic mass is 19.4. The van der Waals surface area contributed by atoms with Crippen LogP contribution >= 0.6 is 0 Å². The number of alkyl halides is 3. The zero-order valence-corrected chi connectivity index (χ0v) is 21.4. The van der Waals surface area contributed by atoms with Crippen LogP contribution in [0, 0.1) is 17.2 Å². The van der Waals surface area contributed by atoms with Crippen molar-refractivity contribution >= 4 is 29.5 Å². The Morgan fingerprint density at radius 1 is 1.26 bits per heavy atom. The van der Waals surface area contributed by atoms with Crippen molar-refractivity contribution in [2.24, 2.45) is 10.9 Å². The molecule has 38 heavy (non-hydrogen) atoms. The van der Waals surface area contributed by atoms with Gasteiger partial charge in [-0.25, -0.2) is 4.99 Å². The number of amidine groups is 1. The average molecular weight is 535 g/mol. The lowest BCUT2D eigenvalue weighted by Crippen LogP contribution is -2.56. The molecular weight excluding hydrogens is 505 g/mol. The van der Waals surface area contributed by atoms with Gasteiger partial charge in [-0.1, -0.05) is 44.2 Å². The molecule has 3 rings (SSSR count). The Hall–Kier alpha value is -3.95. The molecule has 0 bridgehead atoms. The highest BCUT2D eigenvalue weighted by Crippen LogP contribution is 2.35. The molecule has 1 unspecified atom stereocenters. The highest BCUT2D eigenvalue weighted by molar-refractivity contribution is 6.15. The van der Waals surface area contributed by atoms with Gasteiger partial charge in [0.25, 0.3) is 5.91 Å². The molecule has 2 N–H and O–H groups in total. The van der Waals surface area contributed by atoms with Crippen LogP contribution in [0.1, 0.15) is 39.2 Å². The largest absolute Gasteiger partial charge is 0.471 e. The predicted octanol–water partition coefficient (Wildman–Crippen LogP) is 1.37. The van der Waals surface area contributed by atoms with E-state index >= 15 is 0 Å². The summed E-state index contributed by atoms with van der Waals surface area (Å²) >= 11 is 0. The fraction of sp³-hybridized carbons (Fsp3) is 0.520. The highest BCUT2D eigenvalue weighted by Gasteiger charge is 2.55. The minimum Gasteiger partial charge on any atom is -0.337 e. The molecule has 0 saturated carbocycles. The number of amides is 4. The number of nitriles is 1. The molecule has 2 aliphatic rings. The summed E-state index contributed by atoms with van der Waals surface area (Å²) in [6.45, 7) is 4.47. The second kappa shape index (κ2) is 10.8. The van der Waals surface area contributed by atoms with E-state index in [2.05, 4.69) is 10.3 Å². The van der Waals surface area contributed by atoms with Crippen LogP contribution in [0.5, 0.6) is 0 Å². The van der Waals surface area contributed by atoms with E-state index in [-0.39, 0.29) is 25.3 Å². The van der Waals surface area contributed by atoms with Gasteiger partial charge in [0.05, 0.1) is 12.6 Å². The number of aliphatic imine (C=N–C) groups is 1. The molecule has 0 radical (unpaired) electrons. The predicted molar refractivity (Wildman–Crippen MR) is 129 cm³/mol. The van der Waals surface area contributed by atoms with Gasteiger partial charge in [-0.15, -0.1) is 0 Å². The number of likely N-dealkylation sites (tertiary alicyclic amines) is 1. The van der Waals surface area contributed by atoms with Crippen molar-refractivity contribution in [2.75, 3.05) is 13.6 Å². The Morgan fingerprint density at radius 3 is 2.45 bits per heavy atom. The summed E-state index contributed by atoms with van der Waals surface area (Å²) in [4.78, 5) is 57.7. The molecule has 10 nitrogen and oxygen atoms in total. The van der Waals surface area contributed by atoms with Crippen molar-refractivity contribution in [2.45, 2.75) is 63.5 Å². The van der Waals surface area contributed by atoms with E-state index in [1.807, 2.05) is 6.07 Å². The van der Waals surface area contributed by atoms with Crippen molar-refractivity contribution in [3.8, 4) is 6.07 Å². The van der Waals surface area contributed by atoms with Gasteiger partial charge in [0.2, 0.25) is 11.8 Å². The lowest BCUT2D eigenvalue weighted by molar-refractivity contribution is -0.175. The van der Waals surface area contributed by atoms with E-state index in [0.717, 1.165) is 11.8 Å². The summed E-state index contributed by atoms with van der Waals surface area (Å²) in [5.74, 6) is -4.07. The van der Waals surface area contributed by atoms with E-state index in [1.54, 1.807) is 49.5 Å². The molecule has 1 saturated heterocycles. The van der Waals surface area contributed by atoms with Crippen molar-refractivity contribution in [3.63, 3.8) is 0 Å². The van der Waals surface area contributed by atoms with Crippen molar-refractivity contribution in [1.82, 2.24) is 20.4 Å². The summed E-state index contributed by atoms with van der Waals surface area (Å²) in [5, 5.41) is 14.1. The number of carbonyl (C=O) groups is 4. The number of carbonyl (C=O) groups excluding carboxylic acids is 4. The van der Waals surface area contributed by atoms with Crippen LogP contribution in [0.3, 0.4) is 0 Å². The summed E-state index contributed by atoms with van der Waals surface area (Å²) in [6.07, 6.45) is -5.10. The standard InChI is InChI=1S/C25H29F3N6O4/c1-14(2)10-18(33(4)20(35)15(3)30-23(38)25(26,27)28)21(36)34-13-24(11-17(34)12-29)22(37)31-19(32-24)16-8-6-5-7-9-16/h5-9,14-15,17-18H,10-11,13H2,1-4H3,(H,30,38)(H,31,32,37)/t15?,17-,18-,24+/m0/s1. The maximum atomic E-state index is 13.7. The van der Waals surface area contributed by atoms with Crippen LogP contribution in [-0.2, 0) is 19.2 Å². The molecule has 4 atom stereocenters. The number of hydrogen-bond acceptors (Lipinski definition) is 6. The molecule has 1 spiro atoms. The number of likely N-dealkylation sites (N-methyl/N-ethyl adjacent to an activating group) is 1. The Morgan fingerprint density at radius 2 is 1.89 bits per heavy atom. The Balaban J connectivity index is 1.86. The molecule has 2 heterocycles. The second-order valence-electron chi connectivity index (χ2n) is 9.91. The first-order valence-electron chi connectivity index (χ1n) is 12.0. The van der Waals surface area contributed by atoms with Crippen molar-refractivity contribution < 1.29 is 32.3 Å². The Kier molecular flexibility index (Phi) is 8.14. The Labute approximate surface area is 217 Å². The maximum absolute atomic E-state index is 13.7. The fourth-order valence-electron chi connectivity index (χ4n) is 4.59. The first-order valence-corrected chi connectivity index (χ1v) is 12.0. The third-order valence-electron chi connectivity index (χ3n) is 6.57. The van der Waals surface area contributed by atoms with Crippen LogP contribution in [0.25, 0.3) is 0 Å². The minimum atomic E-state index is -5.18. The molecule has 1 aromatic rings. The molecular formula is C25H29F3N6O4. The van der Waals surface area contributed by atoms with E-state index in [4.69, 9.17) is 0 Å². The van der Waals surface area contributed by atoms with Gasteiger partial charge in [-0.2, -0.15) is 18.4 Å². The normalized spacial score (nSPS) is 22.5. The van der Waals surface area contributed by atoms with Crippen molar-refractivity contribution in [3.05, 3.63) is 35.9 Å². The smallest absolute Gasteiger partial charge is 0.337 e. The molecule has 1 fully saturated rings. The molecule has 204 valence electrons. The molecule has 4 amide bonds. The average Bonchev–Trinajstić information content (AvgIpc) is 3.40. The SMILES string of the molecule is CC(C)C[C@@H](C(=O)N1C[C@@]2(C[C@H]1C#N)N=C(c1ccccc1)NC2=O)N(C)C(=O)C(C)NC(=O)C(F)(F)F. The number of nitrogens with zero attached hydrogens (tertiary/aromatic N) is 4. The lowest BCUT2D eigenvalue weighted by atomic mass is 9.97. The van der Waals surface area contributed by atoms with Gasteiger partial charge in [0.1, 0.15) is 24.0 Å². The van der Waals surface area contributed by atoms with Crippen LogP contribution < -0.4 is 10.6 Å². The van der Waals surface area contributed by atoms with E-state index in [9.17, 15) is 37.6 Å². The Bertz CT molecular complexity index is 1180. The van der Waals surface area contributed by atoms with Crippen LogP contribution in [0.2, 0.25) is 0 Å². The quantitative estimate of drug-likeness (QED) is 0.545. The van der Waals surface area contributed by atoms with E-state index in [1.165, 1.54) is 11.9 Å². The third-order valence-corrected chi connectivity index (χ3v) is 6.57. The molecule has 13 heteroatoms. The number of halogens is 3. The number of benzene rings is 1. The van der Waals surface area contributed by atoms with Gasteiger partial charge >= 0.3 is 12.1 Å². The molecule has 0 aliphatic carbocycles. The van der Waals surface area contributed by atoms with Crippen LogP contribution in [0.15, 0.2) is 35.3 Å². The van der Waals surface area contributed by atoms with Gasteiger partial charge in [-0.3, -0.25) is 19.2 Å². The molecule has 2 aliphatic heterocycles. The molecule has 1 aromatic carbocycles. The minimum absolute atomic E-state index is 0.0541. The van der Waals surface area contributed by atoms with Gasteiger partial charge < -0.3 is 20.4 Å². The summed E-state index contributed by atoms with van der Waals surface area (Å²) in [5.41, 5.74) is -0.728. The van der Waals surface area contributed by atoms with Gasteiger partial charge in [-0.05, 0) is 19.3 Å². The first-order chi connectivity index (χ1) is 17.7. The number of nitrogens with one attached hydrogen (secondary N) is 2. The number of hydrogen-bond donors (Lipinski definition) is 2. The fourth-order valence-corrected chi connectivity index (χ4v) is 4.59. The van der Waals surface area contributed by atoms with Crippen LogP contribution in [-0.4, -0.2) is 82.7 Å². The van der Waals surface area contributed by atoms with Crippen LogP contribution in [0.4, 0.5) is 13.2 Å². The zero-order chi connectivity index (χ0) is 28.4. The molecule has 0 aromatic heterocycles. The van der Waals surface area contributed by atoms with Gasteiger partial charge in [0, 0.05) is 19.0 Å².